The highest BCUT2D eigenvalue weighted by atomic mass is 16.3. The number of rotatable bonds is 16. The maximum absolute atomic E-state index is 6.40. The molecule has 2 heterocycles. The summed E-state index contributed by atoms with van der Waals surface area (Å²) in [5.41, 5.74) is 40.5. The van der Waals surface area contributed by atoms with Crippen molar-refractivity contribution in [1.29, 1.82) is 0 Å². The first-order valence-corrected chi connectivity index (χ1v) is 44.8. The minimum absolute atomic E-state index is 0.0187. The highest BCUT2D eigenvalue weighted by Gasteiger charge is 2.37. The van der Waals surface area contributed by atoms with Gasteiger partial charge in [-0.1, -0.05) is 469 Å². The molecule has 0 saturated heterocycles. The fraction of sp³-hybridized carbons (Fsp3) is 0.0394. The molecule has 0 saturated carbocycles. The summed E-state index contributed by atoms with van der Waals surface area (Å²) in [4.78, 5) is 0. The van der Waals surface area contributed by atoms with Crippen LogP contribution in [0.5, 0.6) is 0 Å². The monoisotopic (exact) mass is 1640 g/mol. The van der Waals surface area contributed by atoms with Gasteiger partial charge in [0.25, 0.3) is 0 Å². The molecule has 2 heteroatoms. The van der Waals surface area contributed by atoms with E-state index in [1.807, 2.05) is 24.3 Å². The fourth-order valence-corrected chi connectivity index (χ4v) is 20.2. The molecule has 1 aliphatic carbocycles. The average molecular weight is 1650 g/mol. The predicted octanol–water partition coefficient (Wildman–Crippen LogP) is 34.8. The smallest absolute Gasteiger partial charge is 0.143 e. The van der Waals surface area contributed by atoms with Crippen LogP contribution < -0.4 is 0 Å². The number of para-hydroxylation sites is 4. The van der Waals surface area contributed by atoms with Gasteiger partial charge in [0, 0.05) is 49.9 Å². The number of fused-ring (bicyclic) bond motifs is 11. The molecule has 0 spiro atoms. The highest BCUT2D eigenvalue weighted by Crippen LogP contribution is 2.52. The summed E-state index contributed by atoms with van der Waals surface area (Å²) in [6.45, 7) is 4.80. The van der Waals surface area contributed by atoms with Crippen molar-refractivity contribution in [2.24, 2.45) is 0 Å². The molecule has 2 nitrogen and oxygen atoms in total. The van der Waals surface area contributed by atoms with E-state index in [1.54, 1.807) is 0 Å². The van der Waals surface area contributed by atoms with Crippen molar-refractivity contribution in [3.05, 3.63) is 530 Å². The lowest BCUT2D eigenvalue weighted by atomic mass is 9.78. The van der Waals surface area contributed by atoms with E-state index in [0.29, 0.717) is 0 Å². The van der Waals surface area contributed by atoms with Gasteiger partial charge in [0.1, 0.15) is 22.3 Å². The molecular formula is C127H88O2. The van der Waals surface area contributed by atoms with Gasteiger partial charge in [0.05, 0.1) is 0 Å². The first-order chi connectivity index (χ1) is 63.7. The van der Waals surface area contributed by atoms with Crippen molar-refractivity contribution in [3.8, 4) is 122 Å². The van der Waals surface area contributed by atoms with E-state index in [4.69, 9.17) is 8.83 Å². The molecule has 129 heavy (non-hydrogen) atoms. The molecule has 0 aliphatic heterocycles. The molecule has 0 bridgehead atoms. The van der Waals surface area contributed by atoms with Crippen LogP contribution in [0.15, 0.2) is 494 Å². The van der Waals surface area contributed by atoms with E-state index in [0.717, 1.165) is 66.1 Å². The maximum atomic E-state index is 6.40. The first-order valence-electron chi connectivity index (χ1n) is 44.8. The van der Waals surface area contributed by atoms with Gasteiger partial charge in [-0.15, -0.1) is 0 Å². The topological polar surface area (TPSA) is 26.3 Å². The summed E-state index contributed by atoms with van der Waals surface area (Å²) >= 11 is 0. The second-order valence-electron chi connectivity index (χ2n) is 34.8. The number of hydrogen-bond donors (Lipinski definition) is 0. The second-order valence-corrected chi connectivity index (χ2v) is 34.8. The molecule has 24 rings (SSSR count). The summed E-state index contributed by atoms with van der Waals surface area (Å²) in [6.07, 6.45) is 0. The molecule has 608 valence electrons. The lowest BCUT2D eigenvalue weighted by Crippen LogP contribution is -2.16. The lowest BCUT2D eigenvalue weighted by molar-refractivity contribution is 0.659. The molecular weight excluding hydrogens is 1560 g/mol. The first kappa shape index (κ1) is 77.5. The van der Waals surface area contributed by atoms with Crippen molar-refractivity contribution in [2.75, 3.05) is 0 Å². The van der Waals surface area contributed by atoms with Gasteiger partial charge in [-0.2, -0.15) is 0 Å². The Morgan fingerprint density at radius 2 is 0.473 bits per heavy atom. The van der Waals surface area contributed by atoms with E-state index < -0.39 is 0 Å². The molecule has 0 amide bonds. The molecule has 0 N–H and O–H groups in total. The summed E-state index contributed by atoms with van der Waals surface area (Å²) < 4.78 is 12.8. The summed E-state index contributed by atoms with van der Waals surface area (Å²) in [7, 11) is 0. The van der Waals surface area contributed by atoms with Crippen molar-refractivity contribution < 1.29 is 8.83 Å². The SMILES string of the molecule is CC1(C)c2cc(-c3ccc4ccccc4c3)ccc2-c2ccc(C(c3ccc(-c4ccc(-c5ccccc5)cc4)cc3)c3ccc(-c4ccc(-c5cccc6c5oc5ccccc56)cc4)cc3)cc21.c1ccc(-c2cccc(-c3ccc(C(c4ccc(-c5ccc(-c6cccc7c6oc6ccccc67)cc5)cc4)c4ccc(-c5ccccc5)c5ccccc45)cc3)c2)cc1. The van der Waals surface area contributed by atoms with Crippen molar-refractivity contribution in [3.63, 3.8) is 0 Å². The minimum atomic E-state index is -0.181. The van der Waals surface area contributed by atoms with Gasteiger partial charge in [0.15, 0.2) is 0 Å². The predicted molar refractivity (Wildman–Crippen MR) is 542 cm³/mol. The molecule has 23 aromatic rings. The van der Waals surface area contributed by atoms with E-state index in [1.165, 1.54) is 166 Å². The largest absolute Gasteiger partial charge is 0.455 e. The van der Waals surface area contributed by atoms with Gasteiger partial charge in [-0.05, 0) is 208 Å². The van der Waals surface area contributed by atoms with E-state index in [-0.39, 0.29) is 17.3 Å². The zero-order valence-electron chi connectivity index (χ0n) is 71.7. The van der Waals surface area contributed by atoms with Crippen LogP contribution in [0, 0.1) is 0 Å². The van der Waals surface area contributed by atoms with Crippen LogP contribution in [0.3, 0.4) is 0 Å². The molecule has 2 unspecified atom stereocenters. The third-order valence-corrected chi connectivity index (χ3v) is 26.9. The Kier molecular flexibility index (Phi) is 19.8. The highest BCUT2D eigenvalue weighted by molar-refractivity contribution is 6.11. The Morgan fingerprint density at radius 1 is 0.171 bits per heavy atom. The Hall–Kier alpha value is -16.3. The maximum Gasteiger partial charge on any atom is 0.143 e. The van der Waals surface area contributed by atoms with Crippen LogP contribution >= 0.6 is 0 Å². The van der Waals surface area contributed by atoms with E-state index in [9.17, 15) is 0 Å². The molecule has 0 radical (unpaired) electrons. The van der Waals surface area contributed by atoms with Gasteiger partial charge in [0.2, 0.25) is 0 Å². The van der Waals surface area contributed by atoms with E-state index in [2.05, 4.69) is 475 Å². The third-order valence-electron chi connectivity index (χ3n) is 26.9. The average Bonchev–Trinajstić information content (AvgIpc) is 1.56. The van der Waals surface area contributed by atoms with E-state index >= 15 is 0 Å². The standard InChI is InChI=1S/C68H48O.C59H40O/c1-68(2)63-42-56(55-36-29-45-13-6-7-14-54(45)41-55)37-39-59(63)60-40-38-57(43-64(60)68)66(52-32-25-49(26-33-52)47-21-19-46(20-22-47)44-11-4-3-5-12-44)53-34-27-50(28-35-53)48-23-30-51(31-24-48)58-16-10-17-62-61-15-8-9-18-65(61)69-67(58)62;1-3-13-40(14-4-1)48-17-11-18-49(39-48)43-29-35-47(36-30-43)58(55-38-37-50(44-15-5-2-6-16-44)52-19-7-8-20-53(52)55)46-33-27-42(28-34-46)41-25-31-45(32-26-41)51-22-12-23-56-54-21-9-10-24-57(54)60-59(51)56/h3-43,66H,1-2H3;1-39,58H. The molecule has 0 fully saturated rings. The third kappa shape index (κ3) is 14.6. The number of furan rings is 2. The van der Waals surface area contributed by atoms with Crippen molar-refractivity contribution in [2.45, 2.75) is 31.1 Å². The van der Waals surface area contributed by atoms with Crippen molar-refractivity contribution in [1.82, 2.24) is 0 Å². The zero-order valence-corrected chi connectivity index (χ0v) is 71.7. The Balaban J connectivity index is 0.000000149. The zero-order chi connectivity index (χ0) is 85.9. The Bertz CT molecular complexity index is 8100. The molecule has 2 aromatic heterocycles. The molecule has 2 atom stereocenters. The summed E-state index contributed by atoms with van der Waals surface area (Å²) in [5, 5.41) is 9.64. The number of benzene rings is 21. The van der Waals surface area contributed by atoms with Crippen LogP contribution in [0.4, 0.5) is 0 Å². The normalized spacial score (nSPS) is 12.6. The van der Waals surface area contributed by atoms with Crippen LogP contribution in [0.1, 0.15) is 70.2 Å². The van der Waals surface area contributed by atoms with Crippen LogP contribution in [0.25, 0.3) is 188 Å². The van der Waals surface area contributed by atoms with Gasteiger partial charge in [-0.25, -0.2) is 0 Å². The van der Waals surface area contributed by atoms with Crippen molar-refractivity contribution >= 4 is 65.4 Å². The summed E-state index contributed by atoms with van der Waals surface area (Å²) in [5.74, 6) is 0.0448. The lowest BCUT2D eigenvalue weighted by Gasteiger charge is -2.25. The fourth-order valence-electron chi connectivity index (χ4n) is 20.2. The van der Waals surface area contributed by atoms with Gasteiger partial charge in [-0.3, -0.25) is 0 Å². The Morgan fingerprint density at radius 3 is 0.969 bits per heavy atom. The second kappa shape index (κ2) is 33.0. The molecule has 21 aromatic carbocycles. The van der Waals surface area contributed by atoms with Crippen LogP contribution in [-0.4, -0.2) is 0 Å². The quantitative estimate of drug-likeness (QED) is 0.0902. The number of hydrogen-bond acceptors (Lipinski definition) is 2. The van der Waals surface area contributed by atoms with Crippen LogP contribution in [-0.2, 0) is 5.41 Å². The van der Waals surface area contributed by atoms with Gasteiger partial charge >= 0.3 is 0 Å². The van der Waals surface area contributed by atoms with Gasteiger partial charge < -0.3 is 8.83 Å². The summed E-state index contributed by atoms with van der Waals surface area (Å²) in [6, 6.07) is 177. The minimum Gasteiger partial charge on any atom is -0.455 e. The Labute approximate surface area is 752 Å². The van der Waals surface area contributed by atoms with Crippen LogP contribution in [0.2, 0.25) is 0 Å². The molecule has 1 aliphatic rings.